The van der Waals surface area contributed by atoms with Crippen LogP contribution >= 0.6 is 0 Å². The number of piperidine rings is 2. The van der Waals surface area contributed by atoms with E-state index < -0.39 is 10.2 Å². The Bertz CT molecular complexity index is 383. The Kier molecular flexibility index (Phi) is 4.87. The summed E-state index contributed by atoms with van der Waals surface area (Å²) in [5, 5.41) is 3.28. The molecular formula is C13H27N3O2S. The first-order valence-electron chi connectivity index (χ1n) is 7.35. The van der Waals surface area contributed by atoms with Crippen molar-refractivity contribution in [2.75, 3.05) is 33.2 Å². The Labute approximate surface area is 117 Å². The molecule has 2 aliphatic rings. The second kappa shape index (κ2) is 6.08. The Balaban J connectivity index is 2.07. The zero-order valence-corrected chi connectivity index (χ0v) is 13.1. The molecule has 0 saturated carbocycles. The molecule has 6 heteroatoms. The number of nitrogens with zero attached hydrogens (tertiary/aromatic N) is 2. The van der Waals surface area contributed by atoms with Gasteiger partial charge in [0, 0.05) is 26.2 Å². The number of nitrogens with one attached hydrogen (secondary N) is 1. The van der Waals surface area contributed by atoms with E-state index in [1.807, 2.05) is 0 Å². The molecule has 0 spiro atoms. The summed E-state index contributed by atoms with van der Waals surface area (Å²) in [5.74, 6) is 0.917. The van der Waals surface area contributed by atoms with E-state index in [0.717, 1.165) is 32.4 Å². The summed E-state index contributed by atoms with van der Waals surface area (Å²) in [6, 6.07) is 0.152. The fourth-order valence-electron chi connectivity index (χ4n) is 3.33. The van der Waals surface area contributed by atoms with Gasteiger partial charge in [-0.1, -0.05) is 13.8 Å². The van der Waals surface area contributed by atoms with Crippen molar-refractivity contribution in [3.8, 4) is 0 Å². The third-order valence-corrected chi connectivity index (χ3v) is 6.33. The lowest BCUT2D eigenvalue weighted by molar-refractivity contribution is 0.199. The van der Waals surface area contributed by atoms with Crippen molar-refractivity contribution < 1.29 is 8.42 Å². The molecule has 0 aromatic rings. The highest BCUT2D eigenvalue weighted by atomic mass is 32.2. The molecule has 2 rings (SSSR count). The first-order valence-corrected chi connectivity index (χ1v) is 8.74. The summed E-state index contributed by atoms with van der Waals surface area (Å²) in [4.78, 5) is 0. The van der Waals surface area contributed by atoms with Gasteiger partial charge in [0.15, 0.2) is 0 Å². The predicted molar refractivity (Wildman–Crippen MR) is 77.1 cm³/mol. The van der Waals surface area contributed by atoms with Gasteiger partial charge in [0.2, 0.25) is 0 Å². The molecule has 0 radical (unpaired) electrons. The third kappa shape index (κ3) is 3.48. The minimum Gasteiger partial charge on any atom is -0.317 e. The first kappa shape index (κ1) is 15.2. The smallest absolute Gasteiger partial charge is 0.281 e. The summed E-state index contributed by atoms with van der Waals surface area (Å²) >= 11 is 0. The van der Waals surface area contributed by atoms with E-state index in [-0.39, 0.29) is 6.04 Å². The Morgan fingerprint density at radius 2 is 1.63 bits per heavy atom. The minimum absolute atomic E-state index is 0.152. The Morgan fingerprint density at radius 1 is 1.11 bits per heavy atom. The highest BCUT2D eigenvalue weighted by Crippen LogP contribution is 2.26. The molecule has 2 fully saturated rings. The van der Waals surface area contributed by atoms with Crippen LogP contribution in [0.15, 0.2) is 0 Å². The van der Waals surface area contributed by atoms with Gasteiger partial charge in [-0.2, -0.15) is 17.0 Å². The van der Waals surface area contributed by atoms with E-state index in [1.165, 1.54) is 0 Å². The molecule has 2 unspecified atom stereocenters. The zero-order valence-electron chi connectivity index (χ0n) is 12.3. The fraction of sp³-hybridized carbons (Fsp3) is 1.00. The molecule has 0 aromatic heterocycles. The van der Waals surface area contributed by atoms with Crippen LogP contribution in [0.4, 0.5) is 0 Å². The molecule has 2 aliphatic heterocycles. The highest BCUT2D eigenvalue weighted by Gasteiger charge is 2.36. The number of rotatable bonds is 3. The molecule has 5 nitrogen and oxygen atoms in total. The lowest BCUT2D eigenvalue weighted by atomic mass is 9.94. The van der Waals surface area contributed by atoms with Crippen LogP contribution in [0.25, 0.3) is 0 Å². The van der Waals surface area contributed by atoms with Gasteiger partial charge in [-0.3, -0.25) is 0 Å². The molecule has 0 amide bonds. The summed E-state index contributed by atoms with van der Waals surface area (Å²) in [7, 11) is -1.54. The van der Waals surface area contributed by atoms with E-state index in [2.05, 4.69) is 19.2 Å². The van der Waals surface area contributed by atoms with E-state index in [0.29, 0.717) is 24.9 Å². The van der Waals surface area contributed by atoms with Crippen molar-refractivity contribution >= 4 is 10.2 Å². The lowest BCUT2D eigenvalue weighted by Crippen LogP contribution is -2.52. The van der Waals surface area contributed by atoms with Gasteiger partial charge >= 0.3 is 0 Å². The van der Waals surface area contributed by atoms with Crippen molar-refractivity contribution in [3.05, 3.63) is 0 Å². The van der Waals surface area contributed by atoms with Gasteiger partial charge in [-0.05, 0) is 44.2 Å². The van der Waals surface area contributed by atoms with Crippen LogP contribution in [0, 0.1) is 11.8 Å². The van der Waals surface area contributed by atoms with Gasteiger partial charge in [-0.15, -0.1) is 0 Å². The predicted octanol–water partition coefficient (Wildman–Crippen LogP) is 0.893. The van der Waals surface area contributed by atoms with Crippen molar-refractivity contribution in [1.82, 2.24) is 13.9 Å². The summed E-state index contributed by atoms with van der Waals surface area (Å²) in [6.45, 7) is 7.45. The average molecular weight is 289 g/mol. The molecular weight excluding hydrogens is 262 g/mol. The van der Waals surface area contributed by atoms with Gasteiger partial charge < -0.3 is 5.32 Å². The van der Waals surface area contributed by atoms with E-state index in [4.69, 9.17) is 0 Å². The van der Waals surface area contributed by atoms with Crippen LogP contribution in [0.5, 0.6) is 0 Å². The maximum atomic E-state index is 12.7. The van der Waals surface area contributed by atoms with Crippen LogP contribution < -0.4 is 5.32 Å². The molecule has 112 valence electrons. The van der Waals surface area contributed by atoms with Crippen LogP contribution in [-0.2, 0) is 10.2 Å². The summed E-state index contributed by atoms with van der Waals surface area (Å²) in [6.07, 6.45) is 2.95. The fourth-order valence-corrected chi connectivity index (χ4v) is 5.17. The maximum absolute atomic E-state index is 12.7. The standard InChI is InChI=1S/C13H27N3O2S/c1-11-8-12(2)10-16(9-11)19(17,18)15(3)13-4-6-14-7-5-13/h11-14H,4-10H2,1-3H3. The van der Waals surface area contributed by atoms with E-state index in [1.54, 1.807) is 15.7 Å². The largest absolute Gasteiger partial charge is 0.317 e. The quantitative estimate of drug-likeness (QED) is 0.839. The van der Waals surface area contributed by atoms with Gasteiger partial charge in [-0.25, -0.2) is 0 Å². The van der Waals surface area contributed by atoms with E-state index in [9.17, 15) is 8.42 Å². The molecule has 2 heterocycles. The van der Waals surface area contributed by atoms with Crippen LogP contribution in [0.2, 0.25) is 0 Å². The summed E-state index contributed by atoms with van der Waals surface area (Å²) < 4.78 is 28.7. The topological polar surface area (TPSA) is 52.7 Å². The van der Waals surface area contributed by atoms with Crippen molar-refractivity contribution in [1.29, 1.82) is 0 Å². The lowest BCUT2D eigenvalue weighted by Gasteiger charge is -2.39. The zero-order chi connectivity index (χ0) is 14.0. The third-order valence-electron chi connectivity index (χ3n) is 4.35. The molecule has 19 heavy (non-hydrogen) atoms. The Morgan fingerprint density at radius 3 is 2.16 bits per heavy atom. The minimum atomic E-state index is -3.29. The highest BCUT2D eigenvalue weighted by molar-refractivity contribution is 7.86. The molecule has 0 aliphatic carbocycles. The van der Waals surface area contributed by atoms with Gasteiger partial charge in [0.1, 0.15) is 0 Å². The molecule has 2 saturated heterocycles. The maximum Gasteiger partial charge on any atom is 0.281 e. The van der Waals surface area contributed by atoms with Crippen LogP contribution in [0.3, 0.4) is 0 Å². The molecule has 1 N–H and O–H groups in total. The van der Waals surface area contributed by atoms with Crippen LogP contribution in [-0.4, -0.2) is 56.3 Å². The van der Waals surface area contributed by atoms with Crippen molar-refractivity contribution in [2.45, 2.75) is 39.2 Å². The first-order chi connectivity index (χ1) is 8.91. The van der Waals surface area contributed by atoms with Crippen molar-refractivity contribution in [2.24, 2.45) is 11.8 Å². The van der Waals surface area contributed by atoms with Gasteiger partial charge in [0.25, 0.3) is 10.2 Å². The monoisotopic (exact) mass is 289 g/mol. The Hall–Kier alpha value is -0.170. The number of hydrogen-bond donors (Lipinski definition) is 1. The molecule has 0 aromatic carbocycles. The van der Waals surface area contributed by atoms with E-state index >= 15 is 0 Å². The van der Waals surface area contributed by atoms with Gasteiger partial charge in [0.05, 0.1) is 0 Å². The number of hydrogen-bond acceptors (Lipinski definition) is 3. The second-order valence-corrected chi connectivity index (χ2v) is 8.26. The average Bonchev–Trinajstić information content (AvgIpc) is 2.37. The second-order valence-electron chi connectivity index (χ2n) is 6.27. The molecule has 0 bridgehead atoms. The van der Waals surface area contributed by atoms with Crippen molar-refractivity contribution in [3.63, 3.8) is 0 Å². The SMILES string of the molecule is CC1CC(C)CN(S(=O)(=O)N(C)C2CCNCC2)C1. The normalized spacial score (nSPS) is 31.8. The molecule has 2 atom stereocenters. The van der Waals surface area contributed by atoms with Crippen LogP contribution in [0.1, 0.15) is 33.1 Å². The summed E-state index contributed by atoms with van der Waals surface area (Å²) in [5.41, 5.74) is 0.